The first-order chi connectivity index (χ1) is 15.3. The molecule has 2 aromatic carbocycles. The van der Waals surface area contributed by atoms with Crippen molar-refractivity contribution in [1.82, 2.24) is 4.90 Å². The average molecular weight is 437 g/mol. The second-order valence-corrected chi connectivity index (χ2v) is 8.42. The third-order valence-corrected chi connectivity index (χ3v) is 5.06. The number of nitrogens with one attached hydrogen (secondary N) is 1. The summed E-state index contributed by atoms with van der Waals surface area (Å²) in [5.41, 5.74) is 3.14. The molecule has 0 aliphatic carbocycles. The molecule has 0 saturated carbocycles. The van der Waals surface area contributed by atoms with Crippen molar-refractivity contribution in [3.05, 3.63) is 65.4 Å². The summed E-state index contributed by atoms with van der Waals surface area (Å²) in [5, 5.41) is 3.23. The fourth-order valence-electron chi connectivity index (χ4n) is 3.52. The van der Waals surface area contributed by atoms with Crippen LogP contribution in [0.2, 0.25) is 0 Å². The molecular formula is C26H32N2O4. The zero-order valence-electron chi connectivity index (χ0n) is 19.5. The fourth-order valence-corrected chi connectivity index (χ4v) is 3.52. The SMILES string of the molecule is Cc1ccccc1NC1=C(c2ccc(OC(C)C)cc2)C(=O)N(CCCOC(C)C)C1=O. The largest absolute Gasteiger partial charge is 0.491 e. The smallest absolute Gasteiger partial charge is 0.278 e. The topological polar surface area (TPSA) is 67.9 Å². The van der Waals surface area contributed by atoms with Crippen LogP contribution in [0.3, 0.4) is 0 Å². The van der Waals surface area contributed by atoms with Crippen molar-refractivity contribution in [3.63, 3.8) is 0 Å². The van der Waals surface area contributed by atoms with E-state index in [1.54, 1.807) is 0 Å². The number of hydrogen-bond acceptors (Lipinski definition) is 5. The Morgan fingerprint density at radius 1 is 0.906 bits per heavy atom. The molecule has 2 aromatic rings. The van der Waals surface area contributed by atoms with Gasteiger partial charge in [-0.15, -0.1) is 0 Å². The first-order valence-corrected chi connectivity index (χ1v) is 11.1. The highest BCUT2D eigenvalue weighted by molar-refractivity contribution is 6.36. The van der Waals surface area contributed by atoms with E-state index < -0.39 is 0 Å². The highest BCUT2D eigenvalue weighted by Crippen LogP contribution is 2.32. The Morgan fingerprint density at radius 3 is 2.22 bits per heavy atom. The third kappa shape index (κ3) is 5.56. The van der Waals surface area contributed by atoms with Crippen molar-refractivity contribution in [2.75, 3.05) is 18.5 Å². The second kappa shape index (κ2) is 10.5. The van der Waals surface area contributed by atoms with Crippen molar-refractivity contribution >= 4 is 23.1 Å². The lowest BCUT2D eigenvalue weighted by atomic mass is 10.0. The normalized spacial score (nSPS) is 14.2. The van der Waals surface area contributed by atoms with Crippen LogP contribution in [-0.4, -0.2) is 42.1 Å². The number of ether oxygens (including phenoxy) is 2. The van der Waals surface area contributed by atoms with Crippen LogP contribution in [0.15, 0.2) is 54.2 Å². The van der Waals surface area contributed by atoms with E-state index in [-0.39, 0.29) is 24.0 Å². The van der Waals surface area contributed by atoms with Gasteiger partial charge in [-0.05, 0) is 70.4 Å². The van der Waals surface area contributed by atoms with E-state index in [0.717, 1.165) is 17.0 Å². The Kier molecular flexibility index (Phi) is 7.70. The van der Waals surface area contributed by atoms with Crippen LogP contribution in [0.25, 0.3) is 5.57 Å². The summed E-state index contributed by atoms with van der Waals surface area (Å²) in [6.07, 6.45) is 0.747. The van der Waals surface area contributed by atoms with E-state index >= 15 is 0 Å². The van der Waals surface area contributed by atoms with Crippen molar-refractivity contribution in [1.29, 1.82) is 0 Å². The van der Waals surface area contributed by atoms with Crippen LogP contribution in [0.4, 0.5) is 5.69 Å². The van der Waals surface area contributed by atoms with E-state index in [1.165, 1.54) is 4.90 Å². The highest BCUT2D eigenvalue weighted by atomic mass is 16.5. The lowest BCUT2D eigenvalue weighted by molar-refractivity contribution is -0.137. The Bertz CT molecular complexity index is 993. The van der Waals surface area contributed by atoms with E-state index in [1.807, 2.05) is 83.1 Å². The minimum atomic E-state index is -0.319. The first-order valence-electron chi connectivity index (χ1n) is 11.1. The summed E-state index contributed by atoms with van der Waals surface area (Å²) >= 11 is 0. The number of anilines is 1. The Hall–Kier alpha value is -3.12. The fraction of sp³-hybridized carbons (Fsp3) is 0.385. The Balaban J connectivity index is 1.91. The van der Waals surface area contributed by atoms with Crippen molar-refractivity contribution in [2.24, 2.45) is 0 Å². The number of hydrogen-bond donors (Lipinski definition) is 1. The standard InChI is InChI=1S/C26H32N2O4/c1-17(2)31-16-8-15-28-25(29)23(20-11-13-21(14-12-20)32-18(3)4)24(26(28)30)27-22-10-7-6-9-19(22)5/h6-7,9-14,17-18,27H,8,15-16H2,1-5H3. The van der Waals surface area contributed by atoms with Crippen LogP contribution in [-0.2, 0) is 14.3 Å². The average Bonchev–Trinajstić information content (AvgIpc) is 2.97. The molecular weight excluding hydrogens is 404 g/mol. The molecule has 32 heavy (non-hydrogen) atoms. The summed E-state index contributed by atoms with van der Waals surface area (Å²) in [7, 11) is 0. The molecule has 170 valence electrons. The van der Waals surface area contributed by atoms with Gasteiger partial charge < -0.3 is 14.8 Å². The first kappa shape index (κ1) is 23.5. The molecule has 6 heteroatoms. The minimum Gasteiger partial charge on any atom is -0.491 e. The van der Waals surface area contributed by atoms with Crippen LogP contribution in [0, 0.1) is 6.92 Å². The van der Waals surface area contributed by atoms with E-state index in [0.29, 0.717) is 36.4 Å². The molecule has 0 fully saturated rings. The summed E-state index contributed by atoms with van der Waals surface area (Å²) in [6, 6.07) is 15.0. The van der Waals surface area contributed by atoms with Gasteiger partial charge in [0.1, 0.15) is 11.4 Å². The maximum atomic E-state index is 13.3. The molecule has 1 aliphatic rings. The van der Waals surface area contributed by atoms with Crippen LogP contribution in [0.1, 0.15) is 45.2 Å². The quantitative estimate of drug-likeness (QED) is 0.428. The van der Waals surface area contributed by atoms with Gasteiger partial charge in [0.05, 0.1) is 17.8 Å². The number of rotatable bonds is 10. The molecule has 1 heterocycles. The number of carbonyl (C=O) groups excluding carboxylic acids is 2. The lowest BCUT2D eigenvalue weighted by Gasteiger charge is -2.16. The van der Waals surface area contributed by atoms with Gasteiger partial charge in [-0.2, -0.15) is 0 Å². The van der Waals surface area contributed by atoms with E-state index in [4.69, 9.17) is 9.47 Å². The summed E-state index contributed by atoms with van der Waals surface area (Å²) in [6.45, 7) is 10.6. The van der Waals surface area contributed by atoms with Crippen molar-refractivity contribution < 1.29 is 19.1 Å². The molecule has 2 amide bonds. The number of benzene rings is 2. The van der Waals surface area contributed by atoms with Gasteiger partial charge >= 0.3 is 0 Å². The molecule has 6 nitrogen and oxygen atoms in total. The van der Waals surface area contributed by atoms with Gasteiger partial charge in [-0.1, -0.05) is 30.3 Å². The van der Waals surface area contributed by atoms with Crippen LogP contribution < -0.4 is 10.1 Å². The zero-order chi connectivity index (χ0) is 23.3. The summed E-state index contributed by atoms with van der Waals surface area (Å²) < 4.78 is 11.3. The van der Waals surface area contributed by atoms with Gasteiger partial charge in [-0.25, -0.2) is 0 Å². The van der Waals surface area contributed by atoms with Crippen molar-refractivity contribution in [2.45, 2.75) is 53.2 Å². The monoisotopic (exact) mass is 436 g/mol. The molecule has 0 bridgehead atoms. The van der Waals surface area contributed by atoms with Gasteiger partial charge in [-0.3, -0.25) is 14.5 Å². The summed E-state index contributed by atoms with van der Waals surface area (Å²) in [4.78, 5) is 27.9. The maximum absolute atomic E-state index is 13.3. The van der Waals surface area contributed by atoms with E-state index in [2.05, 4.69) is 5.32 Å². The second-order valence-electron chi connectivity index (χ2n) is 8.42. The number of para-hydroxylation sites is 1. The molecule has 0 aromatic heterocycles. The number of imide groups is 1. The molecule has 0 spiro atoms. The predicted octanol–water partition coefficient (Wildman–Crippen LogP) is 4.79. The maximum Gasteiger partial charge on any atom is 0.278 e. The van der Waals surface area contributed by atoms with Crippen LogP contribution in [0.5, 0.6) is 5.75 Å². The molecule has 3 rings (SSSR count). The predicted molar refractivity (Wildman–Crippen MR) is 126 cm³/mol. The molecule has 0 radical (unpaired) electrons. The van der Waals surface area contributed by atoms with Gasteiger partial charge in [0.25, 0.3) is 11.8 Å². The van der Waals surface area contributed by atoms with Crippen LogP contribution >= 0.6 is 0 Å². The molecule has 1 aliphatic heterocycles. The third-order valence-electron chi connectivity index (χ3n) is 5.06. The Morgan fingerprint density at radius 2 is 1.59 bits per heavy atom. The Labute approximate surface area is 190 Å². The lowest BCUT2D eigenvalue weighted by Crippen LogP contribution is -2.34. The number of carbonyl (C=O) groups is 2. The van der Waals surface area contributed by atoms with Gasteiger partial charge in [0.2, 0.25) is 0 Å². The number of nitrogens with zero attached hydrogens (tertiary/aromatic N) is 1. The minimum absolute atomic E-state index is 0.0524. The van der Waals surface area contributed by atoms with Crippen molar-refractivity contribution in [3.8, 4) is 5.75 Å². The van der Waals surface area contributed by atoms with Gasteiger partial charge in [0, 0.05) is 18.8 Å². The zero-order valence-corrected chi connectivity index (χ0v) is 19.5. The molecule has 0 atom stereocenters. The van der Waals surface area contributed by atoms with Gasteiger partial charge in [0.15, 0.2) is 0 Å². The molecule has 0 saturated heterocycles. The molecule has 0 unspecified atom stereocenters. The number of amides is 2. The molecule has 1 N–H and O–H groups in total. The highest BCUT2D eigenvalue weighted by Gasteiger charge is 2.39. The number of aryl methyl sites for hydroxylation is 1. The summed E-state index contributed by atoms with van der Waals surface area (Å²) in [5.74, 6) is 0.102. The van der Waals surface area contributed by atoms with E-state index in [9.17, 15) is 9.59 Å².